The molecule has 24 heavy (non-hydrogen) atoms. The minimum absolute atomic E-state index is 0.0352. The standard InChI is InChI=1S/C19H15N3O2/c23-11-13-6-8-14(9-7-13)17-10-16-18(22-17)20-12-21-19(16)24-15-4-2-1-3-5-15/h1-10,12,23H,11H2,(H,20,21,22). The van der Waals surface area contributed by atoms with Crippen molar-refractivity contribution < 1.29 is 9.84 Å². The van der Waals surface area contributed by atoms with E-state index in [2.05, 4.69) is 15.0 Å². The average molecular weight is 317 g/mol. The van der Waals surface area contributed by atoms with E-state index in [1.807, 2.05) is 60.7 Å². The van der Waals surface area contributed by atoms with Gasteiger partial charge in [0.2, 0.25) is 5.88 Å². The van der Waals surface area contributed by atoms with Gasteiger partial charge in [0.05, 0.1) is 12.0 Å². The van der Waals surface area contributed by atoms with E-state index in [1.54, 1.807) is 0 Å². The summed E-state index contributed by atoms with van der Waals surface area (Å²) >= 11 is 0. The Balaban J connectivity index is 1.73. The van der Waals surface area contributed by atoms with Gasteiger partial charge in [-0.05, 0) is 29.3 Å². The van der Waals surface area contributed by atoms with Crippen molar-refractivity contribution in [2.24, 2.45) is 0 Å². The van der Waals surface area contributed by atoms with Gasteiger partial charge in [-0.2, -0.15) is 0 Å². The van der Waals surface area contributed by atoms with Gasteiger partial charge in [-0.25, -0.2) is 9.97 Å². The third-order valence-electron chi connectivity index (χ3n) is 3.79. The molecule has 2 heterocycles. The van der Waals surface area contributed by atoms with Gasteiger partial charge >= 0.3 is 0 Å². The molecule has 0 spiro atoms. The summed E-state index contributed by atoms with van der Waals surface area (Å²) in [6.45, 7) is 0.0352. The van der Waals surface area contributed by atoms with Gasteiger partial charge < -0.3 is 14.8 Å². The first-order valence-corrected chi connectivity index (χ1v) is 7.60. The highest BCUT2D eigenvalue weighted by atomic mass is 16.5. The lowest BCUT2D eigenvalue weighted by atomic mass is 10.1. The number of para-hydroxylation sites is 1. The highest BCUT2D eigenvalue weighted by Crippen LogP contribution is 2.30. The molecule has 0 aliphatic carbocycles. The van der Waals surface area contributed by atoms with Crippen molar-refractivity contribution in [3.63, 3.8) is 0 Å². The Labute approximate surface area is 138 Å². The molecular weight excluding hydrogens is 302 g/mol. The molecular formula is C19H15N3O2. The predicted octanol–water partition coefficient (Wildman–Crippen LogP) is 3.91. The largest absolute Gasteiger partial charge is 0.438 e. The fraction of sp³-hybridized carbons (Fsp3) is 0.0526. The van der Waals surface area contributed by atoms with E-state index in [9.17, 15) is 0 Å². The summed E-state index contributed by atoms with van der Waals surface area (Å²) in [5.74, 6) is 1.24. The summed E-state index contributed by atoms with van der Waals surface area (Å²) in [5.41, 5.74) is 3.53. The van der Waals surface area contributed by atoms with Crippen molar-refractivity contribution in [3.05, 3.63) is 72.6 Å². The van der Waals surface area contributed by atoms with Gasteiger partial charge in [0.25, 0.3) is 0 Å². The summed E-state index contributed by atoms with van der Waals surface area (Å²) in [6.07, 6.45) is 1.48. The molecule has 0 saturated carbocycles. The number of benzene rings is 2. The number of nitrogens with one attached hydrogen (secondary N) is 1. The van der Waals surface area contributed by atoms with Crippen molar-refractivity contribution in [2.75, 3.05) is 0 Å². The molecule has 0 radical (unpaired) electrons. The van der Waals surface area contributed by atoms with Gasteiger partial charge in [-0.1, -0.05) is 42.5 Å². The fourth-order valence-electron chi connectivity index (χ4n) is 2.54. The second-order valence-electron chi connectivity index (χ2n) is 5.39. The lowest BCUT2D eigenvalue weighted by Gasteiger charge is -2.04. The molecule has 5 nitrogen and oxygen atoms in total. The molecule has 0 aliphatic rings. The second kappa shape index (κ2) is 6.14. The summed E-state index contributed by atoms with van der Waals surface area (Å²) < 4.78 is 5.87. The van der Waals surface area contributed by atoms with Crippen molar-refractivity contribution in [1.82, 2.24) is 15.0 Å². The van der Waals surface area contributed by atoms with E-state index >= 15 is 0 Å². The number of nitrogens with zero attached hydrogens (tertiary/aromatic N) is 2. The smallest absolute Gasteiger partial charge is 0.231 e. The first kappa shape index (κ1) is 14.4. The van der Waals surface area contributed by atoms with Crippen LogP contribution >= 0.6 is 0 Å². The minimum Gasteiger partial charge on any atom is -0.438 e. The second-order valence-corrected chi connectivity index (χ2v) is 5.39. The number of rotatable bonds is 4. The van der Waals surface area contributed by atoms with Gasteiger partial charge in [0.15, 0.2) is 0 Å². The van der Waals surface area contributed by atoms with Crippen molar-refractivity contribution >= 4 is 11.0 Å². The Bertz CT molecular complexity index is 963. The Hall–Kier alpha value is -3.18. The molecule has 2 aromatic carbocycles. The maximum atomic E-state index is 9.15. The van der Waals surface area contributed by atoms with Crippen LogP contribution in [0.25, 0.3) is 22.3 Å². The third-order valence-corrected chi connectivity index (χ3v) is 3.79. The monoisotopic (exact) mass is 317 g/mol. The van der Waals surface area contributed by atoms with E-state index in [-0.39, 0.29) is 6.61 Å². The number of ether oxygens (including phenoxy) is 1. The topological polar surface area (TPSA) is 71.0 Å². The maximum absolute atomic E-state index is 9.15. The number of aromatic nitrogens is 3. The van der Waals surface area contributed by atoms with Crippen LogP contribution in [-0.4, -0.2) is 20.1 Å². The Morgan fingerprint density at radius 2 is 1.75 bits per heavy atom. The van der Waals surface area contributed by atoms with E-state index in [1.165, 1.54) is 6.33 Å². The highest BCUT2D eigenvalue weighted by Gasteiger charge is 2.11. The quantitative estimate of drug-likeness (QED) is 0.598. The first-order valence-electron chi connectivity index (χ1n) is 7.60. The minimum atomic E-state index is 0.0352. The summed E-state index contributed by atoms with van der Waals surface area (Å²) in [4.78, 5) is 11.8. The zero-order chi connectivity index (χ0) is 16.4. The first-order chi connectivity index (χ1) is 11.8. The van der Waals surface area contributed by atoms with Crippen LogP contribution in [0.4, 0.5) is 0 Å². The van der Waals surface area contributed by atoms with Crippen LogP contribution in [-0.2, 0) is 6.61 Å². The molecule has 5 heteroatoms. The molecule has 0 aliphatic heterocycles. The van der Waals surface area contributed by atoms with Gasteiger partial charge in [-0.15, -0.1) is 0 Å². The molecule has 0 atom stereocenters. The van der Waals surface area contributed by atoms with E-state index < -0.39 is 0 Å². The van der Waals surface area contributed by atoms with E-state index in [4.69, 9.17) is 9.84 Å². The Morgan fingerprint density at radius 1 is 0.958 bits per heavy atom. The van der Waals surface area contributed by atoms with Crippen molar-refractivity contribution in [1.29, 1.82) is 0 Å². The van der Waals surface area contributed by atoms with Crippen molar-refractivity contribution in [2.45, 2.75) is 6.61 Å². The van der Waals surface area contributed by atoms with Crippen LogP contribution in [0.3, 0.4) is 0 Å². The number of hydrogen-bond donors (Lipinski definition) is 2. The van der Waals surface area contributed by atoms with Crippen LogP contribution in [0, 0.1) is 0 Å². The lowest BCUT2D eigenvalue weighted by molar-refractivity contribution is 0.282. The molecule has 0 saturated heterocycles. The summed E-state index contributed by atoms with van der Waals surface area (Å²) in [6, 6.07) is 19.2. The van der Waals surface area contributed by atoms with E-state index in [0.29, 0.717) is 5.88 Å². The number of aromatic amines is 1. The normalized spacial score (nSPS) is 10.9. The van der Waals surface area contributed by atoms with Gasteiger partial charge in [0.1, 0.15) is 17.7 Å². The SMILES string of the molecule is OCc1ccc(-c2cc3c(Oc4ccccc4)ncnc3[nH]2)cc1. The fourth-order valence-corrected chi connectivity index (χ4v) is 2.54. The van der Waals surface area contributed by atoms with E-state index in [0.717, 1.165) is 33.6 Å². The zero-order valence-electron chi connectivity index (χ0n) is 12.8. The van der Waals surface area contributed by atoms with Crippen LogP contribution in [0.2, 0.25) is 0 Å². The third kappa shape index (κ3) is 2.73. The Kier molecular flexibility index (Phi) is 3.69. The number of H-pyrrole nitrogens is 1. The Morgan fingerprint density at radius 3 is 2.50 bits per heavy atom. The number of fused-ring (bicyclic) bond motifs is 1. The van der Waals surface area contributed by atoms with Gasteiger partial charge in [-0.3, -0.25) is 0 Å². The zero-order valence-corrected chi connectivity index (χ0v) is 12.8. The molecule has 2 N–H and O–H groups in total. The van der Waals surface area contributed by atoms with Crippen LogP contribution in [0.5, 0.6) is 11.6 Å². The number of aliphatic hydroxyl groups excluding tert-OH is 1. The molecule has 2 aromatic heterocycles. The molecule has 0 amide bonds. The molecule has 4 aromatic rings. The molecule has 0 unspecified atom stereocenters. The molecule has 0 fully saturated rings. The average Bonchev–Trinajstić information content (AvgIpc) is 3.08. The number of hydrogen-bond acceptors (Lipinski definition) is 4. The van der Waals surface area contributed by atoms with Crippen LogP contribution in [0.15, 0.2) is 67.0 Å². The molecule has 0 bridgehead atoms. The predicted molar refractivity (Wildman–Crippen MR) is 91.8 cm³/mol. The highest BCUT2D eigenvalue weighted by molar-refractivity contribution is 5.87. The van der Waals surface area contributed by atoms with Gasteiger partial charge in [0, 0.05) is 5.69 Å². The summed E-state index contributed by atoms with van der Waals surface area (Å²) in [7, 11) is 0. The van der Waals surface area contributed by atoms with Crippen molar-refractivity contribution in [3.8, 4) is 22.9 Å². The summed E-state index contributed by atoms with van der Waals surface area (Å²) in [5, 5.41) is 9.97. The van der Waals surface area contributed by atoms with Crippen LogP contribution < -0.4 is 4.74 Å². The number of aliphatic hydroxyl groups is 1. The maximum Gasteiger partial charge on any atom is 0.231 e. The molecule has 118 valence electrons. The van der Waals surface area contributed by atoms with Crippen LogP contribution in [0.1, 0.15) is 5.56 Å². The molecule has 4 rings (SSSR count). The lowest BCUT2D eigenvalue weighted by Crippen LogP contribution is -1.89.